The zero-order chi connectivity index (χ0) is 10.8. The van der Waals surface area contributed by atoms with Crippen LogP contribution in [-0.4, -0.2) is 17.3 Å². The smallest absolute Gasteiger partial charge is 0.0694 e. The maximum atomic E-state index is 9.68. The van der Waals surface area contributed by atoms with Crippen molar-refractivity contribution in [3.63, 3.8) is 0 Å². The van der Waals surface area contributed by atoms with E-state index in [4.69, 9.17) is 5.73 Å². The number of hydrogen-bond donors (Lipinski definition) is 2. The number of hydrogen-bond acceptors (Lipinski definition) is 2. The summed E-state index contributed by atoms with van der Waals surface area (Å²) in [7, 11) is 0. The summed E-state index contributed by atoms with van der Waals surface area (Å²) in [5.41, 5.74) is 6.29. The number of rotatable bonds is 3. The van der Waals surface area contributed by atoms with Crippen LogP contribution in [0.2, 0.25) is 0 Å². The zero-order valence-electron chi connectivity index (χ0n) is 9.79. The lowest BCUT2D eigenvalue weighted by Gasteiger charge is -2.44. The molecule has 0 saturated heterocycles. The second-order valence-corrected chi connectivity index (χ2v) is 5.33. The molecule has 1 aliphatic carbocycles. The van der Waals surface area contributed by atoms with Gasteiger partial charge >= 0.3 is 0 Å². The van der Waals surface area contributed by atoms with E-state index in [1.807, 2.05) is 0 Å². The third kappa shape index (κ3) is 2.48. The Labute approximate surface area is 87.9 Å². The van der Waals surface area contributed by atoms with E-state index in [-0.39, 0.29) is 12.1 Å². The number of unbranched alkanes of at least 4 members (excludes halogenated alkanes) is 1. The van der Waals surface area contributed by atoms with Crippen molar-refractivity contribution in [2.75, 3.05) is 0 Å². The van der Waals surface area contributed by atoms with Gasteiger partial charge in [-0.25, -0.2) is 0 Å². The van der Waals surface area contributed by atoms with Gasteiger partial charge < -0.3 is 10.8 Å². The molecule has 0 spiro atoms. The molecule has 2 nitrogen and oxygen atoms in total. The molecule has 0 bridgehead atoms. The molecule has 0 aromatic carbocycles. The van der Waals surface area contributed by atoms with Crippen molar-refractivity contribution < 1.29 is 5.11 Å². The molecule has 1 rings (SSSR count). The molecule has 84 valence electrons. The van der Waals surface area contributed by atoms with Crippen LogP contribution >= 0.6 is 0 Å². The van der Waals surface area contributed by atoms with Crippen molar-refractivity contribution in [1.82, 2.24) is 0 Å². The summed E-state index contributed by atoms with van der Waals surface area (Å²) in [5, 5.41) is 9.68. The van der Waals surface area contributed by atoms with Crippen molar-refractivity contribution in [2.24, 2.45) is 17.1 Å². The Kier molecular flexibility index (Phi) is 3.96. The lowest BCUT2D eigenvalue weighted by Crippen LogP contribution is -2.48. The Morgan fingerprint density at radius 1 is 1.50 bits per heavy atom. The molecule has 1 saturated carbocycles. The average molecular weight is 199 g/mol. The third-order valence-corrected chi connectivity index (χ3v) is 4.08. The summed E-state index contributed by atoms with van der Waals surface area (Å²) < 4.78 is 0. The van der Waals surface area contributed by atoms with Gasteiger partial charge in [-0.2, -0.15) is 0 Å². The van der Waals surface area contributed by atoms with E-state index in [0.29, 0.717) is 11.3 Å². The minimum atomic E-state index is -0.278. The van der Waals surface area contributed by atoms with Crippen molar-refractivity contribution in [2.45, 2.75) is 65.0 Å². The Hall–Kier alpha value is -0.0800. The van der Waals surface area contributed by atoms with Gasteiger partial charge in [0, 0.05) is 6.04 Å². The van der Waals surface area contributed by atoms with Gasteiger partial charge in [-0.3, -0.25) is 0 Å². The van der Waals surface area contributed by atoms with E-state index in [1.54, 1.807) is 0 Å². The lowest BCUT2D eigenvalue weighted by atomic mass is 9.63. The molecule has 3 N–H and O–H groups in total. The first-order chi connectivity index (χ1) is 6.49. The molecule has 1 aliphatic rings. The highest BCUT2D eigenvalue weighted by molar-refractivity contribution is 4.93. The molecule has 0 heterocycles. The second kappa shape index (κ2) is 4.63. The van der Waals surface area contributed by atoms with Gasteiger partial charge in [-0.05, 0) is 30.6 Å². The van der Waals surface area contributed by atoms with E-state index in [0.717, 1.165) is 12.8 Å². The minimum absolute atomic E-state index is 0.00643. The molecule has 0 aliphatic heterocycles. The highest BCUT2D eigenvalue weighted by Crippen LogP contribution is 2.44. The fourth-order valence-corrected chi connectivity index (χ4v) is 2.63. The fraction of sp³-hybridized carbons (Fsp3) is 1.00. The van der Waals surface area contributed by atoms with Crippen LogP contribution in [0.15, 0.2) is 0 Å². The maximum Gasteiger partial charge on any atom is 0.0694 e. The number of nitrogens with two attached hydrogens (primary N) is 1. The summed E-state index contributed by atoms with van der Waals surface area (Å²) in [6, 6.07) is -0.00643. The van der Waals surface area contributed by atoms with E-state index >= 15 is 0 Å². The van der Waals surface area contributed by atoms with Crippen LogP contribution in [0.25, 0.3) is 0 Å². The first-order valence-electron chi connectivity index (χ1n) is 5.93. The first-order valence-corrected chi connectivity index (χ1v) is 5.93. The molecule has 1 unspecified atom stereocenters. The Balaban J connectivity index is 2.58. The van der Waals surface area contributed by atoms with E-state index in [2.05, 4.69) is 20.8 Å². The molecule has 0 amide bonds. The van der Waals surface area contributed by atoms with Crippen LogP contribution in [0, 0.1) is 11.3 Å². The van der Waals surface area contributed by atoms with Gasteiger partial charge in [0.2, 0.25) is 0 Å². The molecule has 2 heteroatoms. The summed E-state index contributed by atoms with van der Waals surface area (Å²) in [6.45, 7) is 6.81. The van der Waals surface area contributed by atoms with Gasteiger partial charge in [-0.1, -0.05) is 33.6 Å². The molecular weight excluding hydrogens is 174 g/mol. The van der Waals surface area contributed by atoms with Crippen LogP contribution in [0.1, 0.15) is 52.9 Å². The van der Waals surface area contributed by atoms with Crippen molar-refractivity contribution in [3.05, 3.63) is 0 Å². The van der Waals surface area contributed by atoms with Gasteiger partial charge in [0.25, 0.3) is 0 Å². The first kappa shape index (κ1) is 12.0. The predicted molar refractivity (Wildman–Crippen MR) is 60.0 cm³/mol. The van der Waals surface area contributed by atoms with E-state index < -0.39 is 0 Å². The Morgan fingerprint density at radius 2 is 2.14 bits per heavy atom. The van der Waals surface area contributed by atoms with E-state index in [1.165, 1.54) is 19.3 Å². The van der Waals surface area contributed by atoms with Crippen LogP contribution in [0.3, 0.4) is 0 Å². The molecule has 0 radical (unpaired) electrons. The second-order valence-electron chi connectivity index (χ2n) is 5.33. The largest absolute Gasteiger partial charge is 0.392 e. The maximum absolute atomic E-state index is 9.68. The summed E-state index contributed by atoms with van der Waals surface area (Å²) in [6.07, 6.45) is 5.37. The van der Waals surface area contributed by atoms with Crippen molar-refractivity contribution in [3.8, 4) is 0 Å². The Bertz CT molecular complexity index is 183. The highest BCUT2D eigenvalue weighted by atomic mass is 16.3. The Morgan fingerprint density at radius 3 is 2.71 bits per heavy atom. The number of aliphatic hydroxyl groups is 1. The van der Waals surface area contributed by atoms with Gasteiger partial charge in [0.05, 0.1) is 6.10 Å². The highest BCUT2D eigenvalue weighted by Gasteiger charge is 2.39. The normalized spacial score (nSPS) is 43.9. The van der Waals surface area contributed by atoms with Gasteiger partial charge in [0.15, 0.2) is 0 Å². The van der Waals surface area contributed by atoms with E-state index in [9.17, 15) is 5.11 Å². The van der Waals surface area contributed by atoms with Crippen LogP contribution in [0.4, 0.5) is 0 Å². The van der Waals surface area contributed by atoms with Crippen LogP contribution in [0.5, 0.6) is 0 Å². The topological polar surface area (TPSA) is 46.2 Å². The summed E-state index contributed by atoms with van der Waals surface area (Å²) in [4.78, 5) is 0. The predicted octanol–water partition coefficient (Wildman–Crippen LogP) is 2.30. The van der Waals surface area contributed by atoms with Crippen LogP contribution < -0.4 is 5.73 Å². The molecular formula is C12H25NO. The number of aliphatic hydroxyl groups excluding tert-OH is 1. The zero-order valence-corrected chi connectivity index (χ0v) is 9.79. The molecule has 4 atom stereocenters. The standard InChI is InChI=1S/C12H25NO/c1-4-5-6-12(3)8-10(13)11(14)7-9(12)2/h9-11,14H,4-8,13H2,1-3H3/t9?,10-,11+,12-/m0/s1. The average Bonchev–Trinajstić information content (AvgIpc) is 2.12. The SMILES string of the molecule is CCCC[C@@]1(C)C[C@H](N)[C@H](O)CC1C. The van der Waals surface area contributed by atoms with Crippen molar-refractivity contribution >= 4 is 0 Å². The minimum Gasteiger partial charge on any atom is -0.392 e. The van der Waals surface area contributed by atoms with Gasteiger partial charge in [0.1, 0.15) is 0 Å². The lowest BCUT2D eigenvalue weighted by molar-refractivity contribution is 0.00385. The quantitative estimate of drug-likeness (QED) is 0.732. The summed E-state index contributed by atoms with van der Waals surface area (Å²) in [5.74, 6) is 0.601. The monoisotopic (exact) mass is 199 g/mol. The van der Waals surface area contributed by atoms with Crippen molar-refractivity contribution in [1.29, 1.82) is 0 Å². The third-order valence-electron chi connectivity index (χ3n) is 4.08. The molecule has 0 aromatic heterocycles. The van der Waals surface area contributed by atoms with Crippen LogP contribution in [-0.2, 0) is 0 Å². The fourth-order valence-electron chi connectivity index (χ4n) is 2.63. The van der Waals surface area contributed by atoms with Gasteiger partial charge in [-0.15, -0.1) is 0 Å². The summed E-state index contributed by atoms with van der Waals surface area (Å²) >= 11 is 0. The molecule has 14 heavy (non-hydrogen) atoms. The molecule has 1 fully saturated rings. The molecule has 0 aromatic rings.